The molecule has 0 N–H and O–H groups in total. The van der Waals surface area contributed by atoms with Crippen molar-refractivity contribution in [3.63, 3.8) is 0 Å². The number of hydrogen-bond donors (Lipinski definition) is 0. The Morgan fingerprint density at radius 3 is 1.02 bits per heavy atom. The van der Waals surface area contributed by atoms with E-state index in [-0.39, 0.29) is 5.75 Å². The largest absolute Gasteiger partial charge is 0.493 e. The van der Waals surface area contributed by atoms with Crippen LogP contribution in [0.5, 0.6) is 34.5 Å². The Bertz CT molecular complexity index is 1650. The van der Waals surface area contributed by atoms with E-state index in [4.69, 9.17) is 28.4 Å². The molecule has 0 amide bonds. The lowest BCUT2D eigenvalue weighted by Gasteiger charge is -2.20. The summed E-state index contributed by atoms with van der Waals surface area (Å²) >= 11 is 0. The van der Waals surface area contributed by atoms with Gasteiger partial charge in [-0.05, 0) is 82.9 Å². The lowest BCUT2D eigenvalue weighted by molar-refractivity contribution is 0.259. The standard InChI is InChI=1S/C44H63FO6/c1-7-11-15-19-23-48-37-27-32-33-28-39(50-25-21-17-13-9-3)40(51-26-22-18-14-10-4)30-35(33)42-36(31-41(46-5)44(47-6)43(42)45)34(32)29-38(37)49-24-20-16-12-8-2/h27-31H,7-26H2,1-6H3. The minimum absolute atomic E-state index is 0.0726. The summed E-state index contributed by atoms with van der Waals surface area (Å²) in [5.41, 5.74) is 0. The van der Waals surface area contributed by atoms with Crippen molar-refractivity contribution in [2.45, 2.75) is 130 Å². The molecule has 4 aromatic carbocycles. The zero-order chi connectivity index (χ0) is 36.4. The number of fused-ring (bicyclic) bond motifs is 6. The molecule has 0 atom stereocenters. The van der Waals surface area contributed by atoms with Gasteiger partial charge in [-0.3, -0.25) is 0 Å². The number of halogens is 1. The second-order valence-corrected chi connectivity index (χ2v) is 13.7. The molecule has 4 aromatic rings. The first kappa shape index (κ1) is 40.2. The molecule has 0 aliphatic rings. The lowest BCUT2D eigenvalue weighted by Crippen LogP contribution is -2.04. The quantitative estimate of drug-likeness (QED) is 0.0478. The number of ether oxygens (including phenoxy) is 6. The predicted octanol–water partition coefficient (Wildman–Crippen LogP) is 13.1. The topological polar surface area (TPSA) is 55.4 Å². The van der Waals surface area contributed by atoms with Crippen LogP contribution in [-0.2, 0) is 0 Å². The molecule has 0 aliphatic heterocycles. The van der Waals surface area contributed by atoms with Crippen molar-refractivity contribution in [3.8, 4) is 34.5 Å². The number of benzene rings is 4. The maximum absolute atomic E-state index is 16.8. The molecule has 0 saturated carbocycles. The van der Waals surface area contributed by atoms with Crippen molar-refractivity contribution < 1.29 is 32.8 Å². The van der Waals surface area contributed by atoms with Gasteiger partial charge in [0.2, 0.25) is 0 Å². The van der Waals surface area contributed by atoms with Gasteiger partial charge in [-0.15, -0.1) is 0 Å². The summed E-state index contributed by atoms with van der Waals surface area (Å²) in [4.78, 5) is 0. The fourth-order valence-electron chi connectivity index (χ4n) is 6.72. The Kier molecular flexibility index (Phi) is 17.1. The van der Waals surface area contributed by atoms with Crippen LogP contribution in [0.15, 0.2) is 30.3 Å². The highest BCUT2D eigenvalue weighted by Crippen LogP contribution is 2.48. The highest BCUT2D eigenvalue weighted by Gasteiger charge is 2.23. The third-order valence-electron chi connectivity index (χ3n) is 9.65. The van der Waals surface area contributed by atoms with Gasteiger partial charge in [-0.2, -0.15) is 0 Å². The van der Waals surface area contributed by atoms with E-state index in [2.05, 4.69) is 33.8 Å². The van der Waals surface area contributed by atoms with E-state index in [1.165, 1.54) is 46.3 Å². The van der Waals surface area contributed by atoms with E-state index < -0.39 is 5.82 Å². The first-order valence-corrected chi connectivity index (χ1v) is 19.9. The van der Waals surface area contributed by atoms with Gasteiger partial charge in [-0.1, -0.05) is 105 Å². The molecule has 0 heterocycles. The minimum Gasteiger partial charge on any atom is -0.493 e. The van der Waals surface area contributed by atoms with Crippen LogP contribution >= 0.6 is 0 Å². The average molecular weight is 707 g/mol. The lowest BCUT2D eigenvalue weighted by atomic mass is 9.92. The Balaban J connectivity index is 1.95. The fourth-order valence-corrected chi connectivity index (χ4v) is 6.72. The zero-order valence-corrected chi connectivity index (χ0v) is 32.4. The van der Waals surface area contributed by atoms with Crippen LogP contribution in [0.1, 0.15) is 130 Å². The summed E-state index contributed by atoms with van der Waals surface area (Å²) in [5, 5.41) is 4.51. The third kappa shape index (κ3) is 10.7. The van der Waals surface area contributed by atoms with E-state index in [9.17, 15) is 0 Å². The summed E-state index contributed by atoms with van der Waals surface area (Å²) in [6.45, 7) is 11.2. The van der Waals surface area contributed by atoms with E-state index in [1.54, 1.807) is 0 Å². The second-order valence-electron chi connectivity index (χ2n) is 13.7. The highest BCUT2D eigenvalue weighted by molar-refractivity contribution is 6.27. The van der Waals surface area contributed by atoms with Gasteiger partial charge < -0.3 is 28.4 Å². The molecule has 0 saturated heterocycles. The van der Waals surface area contributed by atoms with Crippen molar-refractivity contribution in [2.24, 2.45) is 0 Å². The number of hydrogen-bond acceptors (Lipinski definition) is 6. The van der Waals surface area contributed by atoms with Gasteiger partial charge in [0.15, 0.2) is 40.3 Å². The third-order valence-corrected chi connectivity index (χ3v) is 9.65. The molecule has 4 rings (SSSR count). The Labute approximate surface area is 306 Å². The minimum atomic E-state index is -0.473. The summed E-state index contributed by atoms with van der Waals surface area (Å²) < 4.78 is 53.8. The van der Waals surface area contributed by atoms with Crippen LogP contribution in [0.2, 0.25) is 0 Å². The summed E-state index contributed by atoms with van der Waals surface area (Å²) in [7, 11) is 3.01. The van der Waals surface area contributed by atoms with Gasteiger partial charge in [0, 0.05) is 5.39 Å². The average Bonchev–Trinajstić information content (AvgIpc) is 3.14. The van der Waals surface area contributed by atoms with E-state index in [1.807, 2.05) is 24.3 Å². The first-order chi connectivity index (χ1) is 25.0. The summed E-state index contributed by atoms with van der Waals surface area (Å²) in [6.07, 6.45) is 17.6. The molecule has 282 valence electrons. The maximum Gasteiger partial charge on any atom is 0.197 e. The predicted molar refractivity (Wildman–Crippen MR) is 211 cm³/mol. The van der Waals surface area contributed by atoms with Crippen LogP contribution in [0.4, 0.5) is 4.39 Å². The first-order valence-electron chi connectivity index (χ1n) is 19.9. The molecule has 0 unspecified atom stereocenters. The normalized spacial score (nSPS) is 11.4. The van der Waals surface area contributed by atoms with Crippen LogP contribution in [0.3, 0.4) is 0 Å². The monoisotopic (exact) mass is 706 g/mol. The van der Waals surface area contributed by atoms with Crippen molar-refractivity contribution in [1.82, 2.24) is 0 Å². The van der Waals surface area contributed by atoms with Gasteiger partial charge in [-0.25, -0.2) is 4.39 Å². The fraction of sp³-hybridized carbons (Fsp3) is 0.591. The molecule has 0 aliphatic carbocycles. The molecule has 51 heavy (non-hydrogen) atoms. The molecule has 0 radical (unpaired) electrons. The molecule has 0 fully saturated rings. The Morgan fingerprint density at radius 2 is 0.706 bits per heavy atom. The van der Waals surface area contributed by atoms with E-state index >= 15 is 4.39 Å². The number of unbranched alkanes of at least 4 members (excludes halogenated alkanes) is 12. The van der Waals surface area contributed by atoms with Gasteiger partial charge >= 0.3 is 0 Å². The molecular formula is C44H63FO6. The molecule has 6 nitrogen and oxygen atoms in total. The Hall–Kier alpha value is -3.61. The SMILES string of the molecule is CCCCCCOc1cc2c3cc(OCCCCCC)c(OCCCCCC)cc3c3c(F)c(OC)c(OC)cc3c2cc1OCCCCCC. The van der Waals surface area contributed by atoms with Gasteiger partial charge in [0.25, 0.3) is 0 Å². The summed E-state index contributed by atoms with van der Waals surface area (Å²) in [5.74, 6) is 2.61. The van der Waals surface area contributed by atoms with Gasteiger partial charge in [0.1, 0.15) is 0 Å². The van der Waals surface area contributed by atoms with E-state index in [0.29, 0.717) is 65.9 Å². The molecular weight excluding hydrogens is 643 g/mol. The molecule has 0 aromatic heterocycles. The summed E-state index contributed by atoms with van der Waals surface area (Å²) in [6, 6.07) is 9.95. The zero-order valence-electron chi connectivity index (χ0n) is 32.4. The van der Waals surface area contributed by atoms with Crippen molar-refractivity contribution >= 4 is 32.3 Å². The van der Waals surface area contributed by atoms with E-state index in [0.717, 1.165) is 92.2 Å². The van der Waals surface area contributed by atoms with Crippen LogP contribution in [0.25, 0.3) is 32.3 Å². The highest BCUT2D eigenvalue weighted by atomic mass is 19.1. The second kappa shape index (κ2) is 21.7. The molecule has 0 bridgehead atoms. The van der Waals surface area contributed by atoms with Crippen molar-refractivity contribution in [1.29, 1.82) is 0 Å². The van der Waals surface area contributed by atoms with Crippen molar-refractivity contribution in [3.05, 3.63) is 36.1 Å². The van der Waals surface area contributed by atoms with Crippen molar-refractivity contribution in [2.75, 3.05) is 40.6 Å². The maximum atomic E-state index is 16.8. The molecule has 7 heteroatoms. The van der Waals surface area contributed by atoms with Gasteiger partial charge in [0.05, 0.1) is 40.6 Å². The molecule has 0 spiro atoms. The van der Waals surface area contributed by atoms with Crippen LogP contribution < -0.4 is 28.4 Å². The van der Waals surface area contributed by atoms with Crippen LogP contribution in [0, 0.1) is 5.82 Å². The smallest absolute Gasteiger partial charge is 0.197 e. The van der Waals surface area contributed by atoms with Crippen LogP contribution in [-0.4, -0.2) is 40.6 Å². The number of rotatable bonds is 26. The number of methoxy groups -OCH3 is 2. The Morgan fingerprint density at radius 1 is 0.392 bits per heavy atom.